The van der Waals surface area contributed by atoms with Crippen LogP contribution in [0.5, 0.6) is 5.75 Å². The fourth-order valence-corrected chi connectivity index (χ4v) is 2.51. The average molecular weight is 325 g/mol. The number of aromatic nitrogens is 2. The van der Waals surface area contributed by atoms with Gasteiger partial charge in [-0.3, -0.25) is 4.79 Å². The van der Waals surface area contributed by atoms with E-state index in [0.717, 1.165) is 28.3 Å². The summed E-state index contributed by atoms with van der Waals surface area (Å²) >= 11 is 0. The monoisotopic (exact) mass is 325 g/mol. The highest BCUT2D eigenvalue weighted by atomic mass is 16.5. The molecule has 5 nitrogen and oxygen atoms in total. The lowest BCUT2D eigenvalue weighted by Crippen LogP contribution is -2.36. The van der Waals surface area contributed by atoms with Crippen molar-refractivity contribution in [1.29, 1.82) is 0 Å². The van der Waals surface area contributed by atoms with Gasteiger partial charge in [0, 0.05) is 11.6 Å². The number of carbonyl (C=O) groups excluding carboxylic acids is 1. The topological polar surface area (TPSA) is 64.1 Å². The first-order valence-electron chi connectivity index (χ1n) is 8.35. The van der Waals surface area contributed by atoms with Crippen LogP contribution in [0.4, 0.5) is 0 Å². The lowest BCUT2D eigenvalue weighted by atomic mass is 10.1. The highest BCUT2D eigenvalue weighted by Gasteiger charge is 2.25. The summed E-state index contributed by atoms with van der Waals surface area (Å²) in [5.74, 6) is 1.17. The Labute approximate surface area is 142 Å². The second-order valence-electron chi connectivity index (χ2n) is 6.46. The largest absolute Gasteiger partial charge is 0.481 e. The number of ether oxygens (including phenoxy) is 1. The van der Waals surface area contributed by atoms with Crippen LogP contribution in [0, 0.1) is 13.8 Å². The standard InChI is InChI=1S/C19H23N3O2/c1-12-4-5-13(2)18(8-12)24-14(3)19(23)20-10-16-9-17(15-6-7-15)22-11-21-16/h4-5,8-9,11,14-15H,6-7,10H2,1-3H3,(H,20,23). The van der Waals surface area contributed by atoms with E-state index in [1.54, 1.807) is 13.3 Å². The molecule has 5 heteroatoms. The molecule has 1 amide bonds. The first-order valence-corrected chi connectivity index (χ1v) is 8.35. The maximum Gasteiger partial charge on any atom is 0.261 e. The average Bonchev–Trinajstić information content (AvgIpc) is 3.41. The molecule has 1 aromatic carbocycles. The van der Waals surface area contributed by atoms with Crippen LogP contribution < -0.4 is 10.1 Å². The second kappa shape index (κ2) is 6.99. The quantitative estimate of drug-likeness (QED) is 0.886. The summed E-state index contributed by atoms with van der Waals surface area (Å²) < 4.78 is 5.80. The Morgan fingerprint density at radius 2 is 2.08 bits per heavy atom. The number of benzene rings is 1. The van der Waals surface area contributed by atoms with Crippen molar-refractivity contribution < 1.29 is 9.53 Å². The first-order chi connectivity index (χ1) is 11.5. The van der Waals surface area contributed by atoms with Gasteiger partial charge in [-0.15, -0.1) is 0 Å². The van der Waals surface area contributed by atoms with Crippen molar-refractivity contribution in [2.24, 2.45) is 0 Å². The van der Waals surface area contributed by atoms with E-state index in [4.69, 9.17) is 4.74 Å². The highest BCUT2D eigenvalue weighted by molar-refractivity contribution is 5.80. The number of carbonyl (C=O) groups is 1. The molecular formula is C19H23N3O2. The Morgan fingerprint density at radius 1 is 1.29 bits per heavy atom. The minimum atomic E-state index is -0.560. The molecule has 1 heterocycles. The van der Waals surface area contributed by atoms with Crippen molar-refractivity contribution in [3.63, 3.8) is 0 Å². The smallest absolute Gasteiger partial charge is 0.261 e. The summed E-state index contributed by atoms with van der Waals surface area (Å²) in [6, 6.07) is 7.95. The van der Waals surface area contributed by atoms with Crippen LogP contribution in [-0.2, 0) is 11.3 Å². The van der Waals surface area contributed by atoms with Crippen molar-refractivity contribution in [2.45, 2.75) is 52.2 Å². The predicted octanol–water partition coefficient (Wildman–Crippen LogP) is 3.05. The van der Waals surface area contributed by atoms with Gasteiger partial charge in [0.25, 0.3) is 5.91 Å². The molecule has 0 spiro atoms. The molecule has 0 aliphatic heterocycles. The molecule has 1 unspecified atom stereocenters. The van der Waals surface area contributed by atoms with Crippen molar-refractivity contribution in [3.05, 3.63) is 53.1 Å². The third-order valence-electron chi connectivity index (χ3n) is 4.20. The Bertz CT molecular complexity index is 741. The summed E-state index contributed by atoms with van der Waals surface area (Å²) in [7, 11) is 0. The van der Waals surface area contributed by atoms with Gasteiger partial charge < -0.3 is 10.1 Å². The number of nitrogens with one attached hydrogen (secondary N) is 1. The van der Waals surface area contributed by atoms with Gasteiger partial charge in [0.15, 0.2) is 6.10 Å². The van der Waals surface area contributed by atoms with Gasteiger partial charge in [-0.1, -0.05) is 12.1 Å². The Balaban J connectivity index is 1.56. The molecule has 1 fully saturated rings. The van der Waals surface area contributed by atoms with Gasteiger partial charge in [0.05, 0.1) is 12.2 Å². The van der Waals surface area contributed by atoms with Crippen molar-refractivity contribution in [1.82, 2.24) is 15.3 Å². The SMILES string of the molecule is Cc1ccc(C)c(OC(C)C(=O)NCc2cc(C3CC3)ncn2)c1. The Hall–Kier alpha value is -2.43. The van der Waals surface area contributed by atoms with Crippen LogP contribution in [0.3, 0.4) is 0 Å². The number of hydrogen-bond donors (Lipinski definition) is 1. The lowest BCUT2D eigenvalue weighted by Gasteiger charge is -2.16. The fraction of sp³-hybridized carbons (Fsp3) is 0.421. The first kappa shape index (κ1) is 16.4. The van der Waals surface area contributed by atoms with Crippen molar-refractivity contribution in [3.8, 4) is 5.75 Å². The normalized spacial score (nSPS) is 15.0. The number of nitrogens with zero attached hydrogens (tertiary/aromatic N) is 2. The van der Waals surface area contributed by atoms with Crippen LogP contribution in [0.2, 0.25) is 0 Å². The van der Waals surface area contributed by atoms with Gasteiger partial charge in [-0.05, 0) is 56.9 Å². The van der Waals surface area contributed by atoms with E-state index >= 15 is 0 Å². The zero-order valence-corrected chi connectivity index (χ0v) is 14.4. The van der Waals surface area contributed by atoms with E-state index in [1.165, 1.54) is 12.8 Å². The third kappa shape index (κ3) is 4.10. The zero-order chi connectivity index (χ0) is 17.1. The van der Waals surface area contributed by atoms with E-state index in [2.05, 4.69) is 15.3 Å². The predicted molar refractivity (Wildman–Crippen MR) is 91.9 cm³/mol. The minimum Gasteiger partial charge on any atom is -0.481 e. The van der Waals surface area contributed by atoms with Crippen molar-refractivity contribution in [2.75, 3.05) is 0 Å². The molecule has 0 radical (unpaired) electrons. The Kier molecular flexibility index (Phi) is 4.79. The van der Waals surface area contributed by atoms with Crippen LogP contribution in [-0.4, -0.2) is 22.0 Å². The number of aryl methyl sites for hydroxylation is 2. The summed E-state index contributed by atoms with van der Waals surface area (Å²) in [6.07, 6.45) is 3.41. The summed E-state index contributed by atoms with van der Waals surface area (Å²) in [5, 5.41) is 2.89. The second-order valence-corrected chi connectivity index (χ2v) is 6.46. The molecule has 126 valence electrons. The van der Waals surface area contributed by atoms with E-state index < -0.39 is 6.10 Å². The van der Waals surface area contributed by atoms with E-state index in [1.807, 2.05) is 38.1 Å². The van der Waals surface area contributed by atoms with Crippen LogP contribution in [0.1, 0.15) is 48.2 Å². The van der Waals surface area contributed by atoms with Crippen LogP contribution >= 0.6 is 0 Å². The maximum absolute atomic E-state index is 12.3. The maximum atomic E-state index is 12.3. The molecule has 0 saturated heterocycles. The molecule has 1 aromatic heterocycles. The lowest BCUT2D eigenvalue weighted by molar-refractivity contribution is -0.127. The van der Waals surface area contributed by atoms with Gasteiger partial charge in [-0.25, -0.2) is 9.97 Å². The molecule has 1 aliphatic rings. The zero-order valence-electron chi connectivity index (χ0n) is 14.4. The van der Waals surface area contributed by atoms with E-state index in [-0.39, 0.29) is 5.91 Å². The van der Waals surface area contributed by atoms with Crippen LogP contribution in [0.25, 0.3) is 0 Å². The molecule has 3 rings (SSSR count). The number of hydrogen-bond acceptors (Lipinski definition) is 4. The third-order valence-corrected chi connectivity index (χ3v) is 4.20. The fourth-order valence-electron chi connectivity index (χ4n) is 2.51. The summed E-state index contributed by atoms with van der Waals surface area (Å²) in [6.45, 7) is 6.12. The minimum absolute atomic E-state index is 0.150. The van der Waals surface area contributed by atoms with Gasteiger partial charge in [-0.2, -0.15) is 0 Å². The van der Waals surface area contributed by atoms with Gasteiger partial charge in [0.2, 0.25) is 0 Å². The van der Waals surface area contributed by atoms with Gasteiger partial charge in [0.1, 0.15) is 12.1 Å². The molecule has 2 aromatic rings. The molecule has 0 bridgehead atoms. The summed E-state index contributed by atoms with van der Waals surface area (Å²) in [5.41, 5.74) is 4.04. The van der Waals surface area contributed by atoms with E-state index in [9.17, 15) is 4.79 Å². The molecule has 1 saturated carbocycles. The highest BCUT2D eigenvalue weighted by Crippen LogP contribution is 2.38. The van der Waals surface area contributed by atoms with E-state index in [0.29, 0.717) is 12.5 Å². The number of amides is 1. The van der Waals surface area contributed by atoms with Gasteiger partial charge >= 0.3 is 0 Å². The number of rotatable bonds is 6. The molecule has 1 atom stereocenters. The van der Waals surface area contributed by atoms with Crippen LogP contribution in [0.15, 0.2) is 30.6 Å². The summed E-state index contributed by atoms with van der Waals surface area (Å²) in [4.78, 5) is 20.8. The Morgan fingerprint density at radius 3 is 2.83 bits per heavy atom. The molecule has 1 N–H and O–H groups in total. The molecule has 1 aliphatic carbocycles. The molecule has 24 heavy (non-hydrogen) atoms. The van der Waals surface area contributed by atoms with Crippen molar-refractivity contribution >= 4 is 5.91 Å². The molecular weight excluding hydrogens is 302 g/mol.